The molecule has 1 aromatic rings. The van der Waals surface area contributed by atoms with Crippen LogP contribution >= 0.6 is 0 Å². The average Bonchev–Trinajstić information content (AvgIpc) is 3.00. The molecule has 4 N–H and O–H groups in total. The summed E-state index contributed by atoms with van der Waals surface area (Å²) in [6.07, 6.45) is 4.19. The van der Waals surface area contributed by atoms with Crippen molar-refractivity contribution in [2.45, 2.75) is 43.0 Å². The Morgan fingerprint density at radius 1 is 1.26 bits per heavy atom. The first-order chi connectivity index (χ1) is 11.0. The SMILES string of the molecule is CNS(=O)(=O)c1ccc(CCC(=O)NC2CCCC2CN)cc1. The van der Waals surface area contributed by atoms with Crippen LogP contribution in [0.3, 0.4) is 0 Å². The maximum absolute atomic E-state index is 12.0. The van der Waals surface area contributed by atoms with E-state index in [1.165, 1.54) is 7.05 Å². The predicted octanol–water partition coefficient (Wildman–Crippen LogP) is 0.771. The highest BCUT2D eigenvalue weighted by molar-refractivity contribution is 7.89. The van der Waals surface area contributed by atoms with E-state index < -0.39 is 10.0 Å². The van der Waals surface area contributed by atoms with E-state index in [1.54, 1.807) is 24.3 Å². The van der Waals surface area contributed by atoms with Gasteiger partial charge in [-0.2, -0.15) is 0 Å². The minimum absolute atomic E-state index is 0.0299. The van der Waals surface area contributed by atoms with Gasteiger partial charge in [0, 0.05) is 12.5 Å². The zero-order chi connectivity index (χ0) is 16.9. The van der Waals surface area contributed by atoms with Crippen LogP contribution in [0.15, 0.2) is 29.2 Å². The summed E-state index contributed by atoms with van der Waals surface area (Å²) in [5.41, 5.74) is 6.66. The fraction of sp³-hybridized carbons (Fsp3) is 0.562. The van der Waals surface area contributed by atoms with E-state index in [2.05, 4.69) is 10.0 Å². The van der Waals surface area contributed by atoms with Crippen molar-refractivity contribution >= 4 is 15.9 Å². The number of nitrogens with two attached hydrogens (primary N) is 1. The number of amides is 1. The van der Waals surface area contributed by atoms with Gasteiger partial charge in [-0.1, -0.05) is 18.6 Å². The van der Waals surface area contributed by atoms with Crippen molar-refractivity contribution in [1.29, 1.82) is 0 Å². The van der Waals surface area contributed by atoms with Crippen molar-refractivity contribution in [3.63, 3.8) is 0 Å². The van der Waals surface area contributed by atoms with Crippen LogP contribution in [0.4, 0.5) is 0 Å². The molecule has 1 aliphatic carbocycles. The van der Waals surface area contributed by atoms with Gasteiger partial charge in [0.05, 0.1) is 4.90 Å². The molecule has 128 valence electrons. The topological polar surface area (TPSA) is 101 Å². The molecule has 2 rings (SSSR count). The van der Waals surface area contributed by atoms with Gasteiger partial charge in [-0.3, -0.25) is 4.79 Å². The van der Waals surface area contributed by atoms with E-state index in [0.717, 1.165) is 24.8 Å². The number of hydrogen-bond donors (Lipinski definition) is 3. The van der Waals surface area contributed by atoms with E-state index in [-0.39, 0.29) is 16.8 Å². The first-order valence-electron chi connectivity index (χ1n) is 7.98. The third-order valence-electron chi connectivity index (χ3n) is 4.45. The first-order valence-corrected chi connectivity index (χ1v) is 9.46. The number of sulfonamides is 1. The van der Waals surface area contributed by atoms with Crippen LogP contribution in [0.25, 0.3) is 0 Å². The molecule has 2 atom stereocenters. The lowest BCUT2D eigenvalue weighted by Crippen LogP contribution is -2.39. The molecule has 0 radical (unpaired) electrons. The zero-order valence-corrected chi connectivity index (χ0v) is 14.2. The van der Waals surface area contributed by atoms with E-state index in [1.807, 2.05) is 0 Å². The summed E-state index contributed by atoms with van der Waals surface area (Å²) in [4.78, 5) is 12.3. The summed E-state index contributed by atoms with van der Waals surface area (Å²) < 4.78 is 25.6. The molecule has 1 aromatic carbocycles. The Labute approximate surface area is 137 Å². The average molecular weight is 339 g/mol. The van der Waals surface area contributed by atoms with Gasteiger partial charge in [0.15, 0.2) is 0 Å². The second kappa shape index (κ2) is 7.90. The Kier molecular flexibility index (Phi) is 6.15. The summed E-state index contributed by atoms with van der Waals surface area (Å²) in [5, 5.41) is 3.07. The van der Waals surface area contributed by atoms with Crippen LogP contribution in [0.1, 0.15) is 31.2 Å². The monoisotopic (exact) mass is 339 g/mol. The Balaban J connectivity index is 1.85. The van der Waals surface area contributed by atoms with Crippen LogP contribution in [-0.2, 0) is 21.2 Å². The third kappa shape index (κ3) is 4.76. The molecule has 0 aromatic heterocycles. The molecule has 23 heavy (non-hydrogen) atoms. The number of carbonyl (C=O) groups is 1. The Morgan fingerprint density at radius 3 is 2.57 bits per heavy atom. The lowest BCUT2D eigenvalue weighted by Gasteiger charge is -2.19. The minimum Gasteiger partial charge on any atom is -0.353 e. The Hall–Kier alpha value is -1.44. The lowest BCUT2D eigenvalue weighted by atomic mass is 10.0. The largest absolute Gasteiger partial charge is 0.353 e. The number of aryl methyl sites for hydroxylation is 1. The molecular weight excluding hydrogens is 314 g/mol. The van der Waals surface area contributed by atoms with Gasteiger partial charge < -0.3 is 11.1 Å². The van der Waals surface area contributed by atoms with Crippen molar-refractivity contribution < 1.29 is 13.2 Å². The second-order valence-electron chi connectivity index (χ2n) is 5.95. The molecular formula is C16H25N3O3S. The molecule has 6 nitrogen and oxygen atoms in total. The predicted molar refractivity (Wildman–Crippen MR) is 89.3 cm³/mol. The molecule has 0 bridgehead atoms. The number of hydrogen-bond acceptors (Lipinski definition) is 4. The summed E-state index contributed by atoms with van der Waals surface area (Å²) >= 11 is 0. The van der Waals surface area contributed by atoms with Gasteiger partial charge in [-0.25, -0.2) is 13.1 Å². The normalized spacial score (nSPS) is 21.3. The van der Waals surface area contributed by atoms with Gasteiger partial charge >= 0.3 is 0 Å². The number of rotatable bonds is 7. The highest BCUT2D eigenvalue weighted by Crippen LogP contribution is 2.24. The fourth-order valence-electron chi connectivity index (χ4n) is 3.00. The summed E-state index contributed by atoms with van der Waals surface area (Å²) in [6.45, 7) is 0.617. The van der Waals surface area contributed by atoms with Crippen molar-refractivity contribution in [2.75, 3.05) is 13.6 Å². The number of nitrogens with one attached hydrogen (secondary N) is 2. The van der Waals surface area contributed by atoms with Gasteiger partial charge in [0.25, 0.3) is 0 Å². The molecule has 1 amide bonds. The van der Waals surface area contributed by atoms with Crippen LogP contribution in [-0.4, -0.2) is 34.0 Å². The summed E-state index contributed by atoms with van der Waals surface area (Å²) in [5.74, 6) is 0.423. The standard InChI is InChI=1S/C16H25N3O3S/c1-18-23(21,22)14-8-5-12(6-9-14)7-10-16(20)19-15-4-2-3-13(15)11-17/h5-6,8-9,13,15,18H,2-4,7,10-11,17H2,1H3,(H,19,20). The number of benzene rings is 1. The van der Waals surface area contributed by atoms with Gasteiger partial charge in [0.1, 0.15) is 0 Å². The summed E-state index contributed by atoms with van der Waals surface area (Å²) in [7, 11) is -2.03. The van der Waals surface area contributed by atoms with Crippen molar-refractivity contribution in [3.8, 4) is 0 Å². The highest BCUT2D eigenvalue weighted by atomic mass is 32.2. The zero-order valence-electron chi connectivity index (χ0n) is 13.4. The molecule has 1 fully saturated rings. The molecule has 1 aliphatic rings. The van der Waals surface area contributed by atoms with Gasteiger partial charge in [-0.15, -0.1) is 0 Å². The fourth-order valence-corrected chi connectivity index (χ4v) is 3.73. The van der Waals surface area contributed by atoms with Crippen molar-refractivity contribution in [1.82, 2.24) is 10.0 Å². The Morgan fingerprint density at radius 2 is 1.96 bits per heavy atom. The Bertz CT molecular complexity index is 628. The molecule has 2 unspecified atom stereocenters. The molecule has 1 saturated carbocycles. The van der Waals surface area contributed by atoms with Gasteiger partial charge in [-0.05, 0) is 56.5 Å². The van der Waals surface area contributed by atoms with Crippen LogP contribution in [0, 0.1) is 5.92 Å². The van der Waals surface area contributed by atoms with E-state index in [4.69, 9.17) is 5.73 Å². The first kappa shape index (κ1) is 17.9. The van der Waals surface area contributed by atoms with Crippen molar-refractivity contribution in [3.05, 3.63) is 29.8 Å². The van der Waals surface area contributed by atoms with Crippen LogP contribution < -0.4 is 15.8 Å². The van der Waals surface area contributed by atoms with Gasteiger partial charge in [0.2, 0.25) is 15.9 Å². The molecule has 7 heteroatoms. The van der Waals surface area contributed by atoms with E-state index in [9.17, 15) is 13.2 Å². The molecule has 0 spiro atoms. The van der Waals surface area contributed by atoms with Crippen molar-refractivity contribution in [2.24, 2.45) is 11.7 Å². The van der Waals surface area contributed by atoms with E-state index in [0.29, 0.717) is 25.3 Å². The maximum atomic E-state index is 12.0. The number of carbonyl (C=O) groups excluding carboxylic acids is 1. The third-order valence-corrected chi connectivity index (χ3v) is 5.88. The molecule has 0 aliphatic heterocycles. The summed E-state index contributed by atoms with van der Waals surface area (Å²) in [6, 6.07) is 6.81. The lowest BCUT2D eigenvalue weighted by molar-refractivity contribution is -0.122. The maximum Gasteiger partial charge on any atom is 0.240 e. The van der Waals surface area contributed by atoms with Crippen LogP contribution in [0.5, 0.6) is 0 Å². The highest BCUT2D eigenvalue weighted by Gasteiger charge is 2.27. The second-order valence-corrected chi connectivity index (χ2v) is 7.84. The van der Waals surface area contributed by atoms with Crippen LogP contribution in [0.2, 0.25) is 0 Å². The quantitative estimate of drug-likeness (QED) is 0.683. The smallest absolute Gasteiger partial charge is 0.240 e. The molecule has 0 saturated heterocycles. The van der Waals surface area contributed by atoms with E-state index >= 15 is 0 Å². The minimum atomic E-state index is -3.41. The molecule has 0 heterocycles.